The van der Waals surface area contributed by atoms with Gasteiger partial charge in [0.15, 0.2) is 5.96 Å². The number of benzene rings is 1. The zero-order valence-electron chi connectivity index (χ0n) is 12.5. The number of imidazole rings is 1. The Morgan fingerprint density at radius 3 is 2.71 bits per heavy atom. The molecule has 0 saturated carbocycles. The van der Waals surface area contributed by atoms with E-state index in [-0.39, 0.29) is 0 Å². The Kier molecular flexibility index (Phi) is 5.82. The van der Waals surface area contributed by atoms with E-state index in [2.05, 4.69) is 46.5 Å². The molecule has 112 valence electrons. The number of hydrogen-bond donors (Lipinski definition) is 2. The number of nitrogens with two attached hydrogens (primary N) is 1. The van der Waals surface area contributed by atoms with Crippen molar-refractivity contribution < 1.29 is 0 Å². The molecule has 5 heteroatoms. The van der Waals surface area contributed by atoms with E-state index in [0.29, 0.717) is 12.5 Å². The van der Waals surface area contributed by atoms with Crippen molar-refractivity contribution in [2.45, 2.75) is 32.9 Å². The summed E-state index contributed by atoms with van der Waals surface area (Å²) in [5, 5.41) is 3.11. The quantitative estimate of drug-likeness (QED) is 0.465. The van der Waals surface area contributed by atoms with Crippen LogP contribution in [0.2, 0.25) is 0 Å². The van der Waals surface area contributed by atoms with Gasteiger partial charge in [0.25, 0.3) is 0 Å². The average molecular weight is 285 g/mol. The molecule has 5 nitrogen and oxygen atoms in total. The highest BCUT2D eigenvalue weighted by atomic mass is 15.1. The first-order valence-electron chi connectivity index (χ1n) is 7.35. The van der Waals surface area contributed by atoms with Crippen molar-refractivity contribution in [2.75, 3.05) is 6.54 Å². The highest BCUT2D eigenvalue weighted by Crippen LogP contribution is 2.07. The Labute approximate surface area is 125 Å². The normalized spacial score (nSPS) is 11.6. The average Bonchev–Trinajstić information content (AvgIpc) is 3.00. The summed E-state index contributed by atoms with van der Waals surface area (Å²) in [7, 11) is 0. The maximum Gasteiger partial charge on any atom is 0.188 e. The monoisotopic (exact) mass is 285 g/mol. The first-order valence-corrected chi connectivity index (χ1v) is 7.35. The molecule has 0 aliphatic carbocycles. The molecule has 0 saturated heterocycles. The summed E-state index contributed by atoms with van der Waals surface area (Å²) in [4.78, 5) is 8.38. The number of aliphatic imine (C=N–C) groups is 1. The topological polar surface area (TPSA) is 68.2 Å². The first kappa shape index (κ1) is 15.1. The Morgan fingerprint density at radius 1 is 1.29 bits per heavy atom. The smallest absolute Gasteiger partial charge is 0.188 e. The third kappa shape index (κ3) is 5.30. The molecule has 0 aliphatic rings. The van der Waals surface area contributed by atoms with Crippen molar-refractivity contribution in [1.82, 2.24) is 14.9 Å². The van der Waals surface area contributed by atoms with Crippen LogP contribution >= 0.6 is 0 Å². The highest BCUT2D eigenvalue weighted by Gasteiger charge is 1.97. The lowest BCUT2D eigenvalue weighted by molar-refractivity contribution is 0.748. The van der Waals surface area contributed by atoms with Gasteiger partial charge in [-0.25, -0.2) is 9.98 Å². The fourth-order valence-corrected chi connectivity index (χ4v) is 1.97. The lowest BCUT2D eigenvalue weighted by atomic mass is 10.1. The molecule has 1 heterocycles. The van der Waals surface area contributed by atoms with Crippen LogP contribution in [0, 0.1) is 0 Å². The second kappa shape index (κ2) is 8.09. The number of unbranched alkanes of at least 4 members (excludes halogenated alkanes) is 1. The molecule has 21 heavy (non-hydrogen) atoms. The molecule has 0 fully saturated rings. The molecule has 1 aromatic carbocycles. The van der Waals surface area contributed by atoms with E-state index in [0.717, 1.165) is 31.5 Å². The van der Waals surface area contributed by atoms with Crippen molar-refractivity contribution >= 4 is 5.96 Å². The molecule has 2 aromatic rings. The third-order valence-corrected chi connectivity index (χ3v) is 3.22. The number of aromatic nitrogens is 2. The molecule has 0 bridgehead atoms. The molecule has 0 aliphatic heterocycles. The lowest BCUT2D eigenvalue weighted by Crippen LogP contribution is -2.32. The van der Waals surface area contributed by atoms with Gasteiger partial charge in [0, 0.05) is 25.5 Å². The minimum Gasteiger partial charge on any atom is -0.370 e. The third-order valence-electron chi connectivity index (χ3n) is 3.22. The predicted molar refractivity (Wildman–Crippen MR) is 86.0 cm³/mol. The first-order chi connectivity index (χ1) is 10.3. The largest absolute Gasteiger partial charge is 0.370 e. The van der Waals surface area contributed by atoms with Crippen LogP contribution in [-0.2, 0) is 13.1 Å². The molecule has 0 spiro atoms. The van der Waals surface area contributed by atoms with E-state index < -0.39 is 0 Å². The highest BCUT2D eigenvalue weighted by molar-refractivity contribution is 5.77. The van der Waals surface area contributed by atoms with Crippen LogP contribution in [0.4, 0.5) is 0 Å². The molecule has 0 atom stereocenters. The summed E-state index contributed by atoms with van der Waals surface area (Å²) < 4.78 is 2.04. The van der Waals surface area contributed by atoms with Crippen LogP contribution in [-0.4, -0.2) is 22.1 Å². The summed E-state index contributed by atoms with van der Waals surface area (Å²) in [5.74, 6) is 0.519. The van der Waals surface area contributed by atoms with Crippen molar-refractivity contribution in [2.24, 2.45) is 10.7 Å². The fraction of sp³-hybridized carbons (Fsp3) is 0.375. The van der Waals surface area contributed by atoms with E-state index in [9.17, 15) is 0 Å². The summed E-state index contributed by atoms with van der Waals surface area (Å²) in [6, 6.07) is 8.42. The Bertz CT molecular complexity index is 543. The molecule has 0 unspecified atom stereocenters. The number of nitrogens with one attached hydrogen (secondary N) is 1. The molecule has 2 rings (SSSR count). The van der Waals surface area contributed by atoms with Crippen molar-refractivity contribution in [3.05, 3.63) is 54.1 Å². The zero-order chi connectivity index (χ0) is 14.9. The van der Waals surface area contributed by atoms with Crippen LogP contribution in [0.1, 0.15) is 30.9 Å². The Hall–Kier alpha value is -2.30. The number of rotatable bonds is 7. The van der Waals surface area contributed by atoms with Gasteiger partial charge in [0.2, 0.25) is 0 Å². The van der Waals surface area contributed by atoms with E-state index in [4.69, 9.17) is 5.73 Å². The zero-order valence-corrected chi connectivity index (χ0v) is 12.5. The number of guanidine groups is 1. The van der Waals surface area contributed by atoms with Gasteiger partial charge in [0.1, 0.15) is 0 Å². The van der Waals surface area contributed by atoms with Crippen LogP contribution in [0.25, 0.3) is 0 Å². The van der Waals surface area contributed by atoms with Gasteiger partial charge in [-0.1, -0.05) is 37.6 Å². The van der Waals surface area contributed by atoms with Gasteiger partial charge in [-0.2, -0.15) is 0 Å². The van der Waals surface area contributed by atoms with Crippen LogP contribution < -0.4 is 11.1 Å². The summed E-state index contributed by atoms with van der Waals surface area (Å²) in [5.41, 5.74) is 8.21. The van der Waals surface area contributed by atoms with E-state index in [1.54, 1.807) is 6.20 Å². The van der Waals surface area contributed by atoms with Gasteiger partial charge >= 0.3 is 0 Å². The van der Waals surface area contributed by atoms with E-state index >= 15 is 0 Å². The van der Waals surface area contributed by atoms with Crippen molar-refractivity contribution in [3.8, 4) is 0 Å². The summed E-state index contributed by atoms with van der Waals surface area (Å²) in [6.07, 6.45) is 7.83. The second-order valence-corrected chi connectivity index (χ2v) is 5.03. The molecule has 3 N–H and O–H groups in total. The summed E-state index contributed by atoms with van der Waals surface area (Å²) >= 11 is 0. The number of hydrogen-bond acceptors (Lipinski definition) is 2. The summed E-state index contributed by atoms with van der Waals surface area (Å²) in [6.45, 7) is 4.48. The molecular weight excluding hydrogens is 262 g/mol. The molecule has 0 amide bonds. The van der Waals surface area contributed by atoms with Gasteiger partial charge < -0.3 is 15.6 Å². The Morgan fingerprint density at radius 2 is 2.05 bits per heavy atom. The van der Waals surface area contributed by atoms with Crippen LogP contribution in [0.5, 0.6) is 0 Å². The Balaban J connectivity index is 1.83. The molecular formula is C16H23N5. The maximum absolute atomic E-state index is 5.81. The predicted octanol–water partition coefficient (Wildman–Crippen LogP) is 2.14. The van der Waals surface area contributed by atoms with Gasteiger partial charge in [-0.3, -0.25) is 0 Å². The molecule has 1 aromatic heterocycles. The minimum absolute atomic E-state index is 0.519. The fourth-order valence-electron chi connectivity index (χ4n) is 1.97. The maximum atomic E-state index is 5.81. The van der Waals surface area contributed by atoms with E-state index in [1.165, 1.54) is 5.56 Å². The van der Waals surface area contributed by atoms with Crippen molar-refractivity contribution in [1.29, 1.82) is 0 Å². The molecule has 0 radical (unpaired) electrons. The van der Waals surface area contributed by atoms with Gasteiger partial charge in [-0.15, -0.1) is 0 Å². The lowest BCUT2D eigenvalue weighted by Gasteiger charge is -2.06. The second-order valence-electron chi connectivity index (χ2n) is 5.03. The van der Waals surface area contributed by atoms with Crippen LogP contribution in [0.15, 0.2) is 48.0 Å². The van der Waals surface area contributed by atoms with Gasteiger partial charge in [-0.05, 0) is 17.5 Å². The number of nitrogens with zero attached hydrogens (tertiary/aromatic N) is 3. The minimum atomic E-state index is 0.519. The standard InChI is InChI=1S/C16H23N5/c1-2-3-8-19-16(17)20-11-14-4-6-15(7-5-14)12-21-10-9-18-13-21/h4-7,9-10,13H,2-3,8,11-12H2,1H3,(H3,17,19,20). The SMILES string of the molecule is CCCCNC(N)=NCc1ccc(Cn2ccnc2)cc1. The van der Waals surface area contributed by atoms with E-state index in [1.807, 2.05) is 17.1 Å². The van der Waals surface area contributed by atoms with Gasteiger partial charge in [0.05, 0.1) is 12.9 Å². The van der Waals surface area contributed by atoms with Crippen molar-refractivity contribution in [3.63, 3.8) is 0 Å². The van der Waals surface area contributed by atoms with Crippen LogP contribution in [0.3, 0.4) is 0 Å².